The molecule has 326 valence electrons. The SMILES string of the molecule is CCCC1(C)CCCC(C)(CCC)N1OC(C)(COC(C)(C)C)c1ccccc1.CCCC1(C)CCCC(C)(CCC)N1OC(COC(C)(C)C)c1ccccc1. The Bertz CT molecular complexity index is 1370. The van der Waals surface area contributed by atoms with Gasteiger partial charge in [-0.05, 0) is 151 Å². The van der Waals surface area contributed by atoms with Crippen LogP contribution in [-0.4, -0.2) is 56.7 Å². The summed E-state index contributed by atoms with van der Waals surface area (Å²) in [4.78, 5) is 14.0. The minimum absolute atomic E-state index is 0.0503. The number of nitrogens with zero attached hydrogens (tertiary/aromatic N) is 2. The van der Waals surface area contributed by atoms with Crippen molar-refractivity contribution >= 4 is 0 Å². The molecule has 0 spiro atoms. The van der Waals surface area contributed by atoms with Gasteiger partial charge in [0.2, 0.25) is 0 Å². The topological polar surface area (TPSA) is 43.4 Å². The maximum Gasteiger partial charge on any atom is 0.135 e. The van der Waals surface area contributed by atoms with Gasteiger partial charge in [0.1, 0.15) is 11.7 Å². The summed E-state index contributed by atoms with van der Waals surface area (Å²) >= 11 is 0. The lowest BCUT2D eigenvalue weighted by Gasteiger charge is -2.57. The molecule has 6 nitrogen and oxygen atoms in total. The number of hydrogen-bond donors (Lipinski definition) is 0. The lowest BCUT2D eigenvalue weighted by Crippen LogP contribution is -2.63. The molecule has 57 heavy (non-hydrogen) atoms. The molecule has 0 amide bonds. The molecule has 2 fully saturated rings. The van der Waals surface area contributed by atoms with Gasteiger partial charge in [-0.25, -0.2) is 0 Å². The van der Waals surface area contributed by atoms with Crippen LogP contribution in [0, 0.1) is 0 Å². The molecular formula is C51H88N2O4. The summed E-state index contributed by atoms with van der Waals surface area (Å²) in [6.45, 7) is 34.7. The van der Waals surface area contributed by atoms with Gasteiger partial charge in [-0.15, -0.1) is 0 Å². The van der Waals surface area contributed by atoms with Crippen molar-refractivity contribution in [2.24, 2.45) is 0 Å². The van der Waals surface area contributed by atoms with Crippen molar-refractivity contribution < 1.29 is 19.1 Å². The normalized spacial score (nSPS) is 28.0. The minimum atomic E-state index is -0.532. The molecule has 0 N–H and O–H groups in total. The van der Waals surface area contributed by atoms with Gasteiger partial charge in [-0.2, -0.15) is 10.1 Å². The molecule has 2 aliphatic rings. The van der Waals surface area contributed by atoms with Crippen molar-refractivity contribution in [2.75, 3.05) is 13.2 Å². The van der Waals surface area contributed by atoms with Gasteiger partial charge >= 0.3 is 0 Å². The summed E-state index contributed by atoms with van der Waals surface area (Å²) in [5.41, 5.74) is 1.69. The average molecular weight is 793 g/mol. The Labute approximate surface area is 352 Å². The molecule has 2 aliphatic heterocycles. The van der Waals surface area contributed by atoms with Crippen molar-refractivity contribution in [3.8, 4) is 0 Å². The van der Waals surface area contributed by atoms with E-state index in [9.17, 15) is 0 Å². The Morgan fingerprint density at radius 3 is 1.32 bits per heavy atom. The van der Waals surface area contributed by atoms with Crippen LogP contribution in [0.1, 0.15) is 211 Å². The van der Waals surface area contributed by atoms with E-state index in [1.165, 1.54) is 75.3 Å². The van der Waals surface area contributed by atoms with E-state index in [0.29, 0.717) is 13.2 Å². The maximum atomic E-state index is 7.11. The van der Waals surface area contributed by atoms with E-state index in [1.54, 1.807) is 0 Å². The quantitative estimate of drug-likeness (QED) is 0.150. The molecule has 2 heterocycles. The molecule has 6 unspecified atom stereocenters. The third kappa shape index (κ3) is 14.1. The van der Waals surface area contributed by atoms with Gasteiger partial charge in [-0.3, -0.25) is 9.68 Å². The molecule has 0 aromatic heterocycles. The molecule has 4 rings (SSSR count). The second-order valence-corrected chi connectivity index (χ2v) is 20.8. The van der Waals surface area contributed by atoms with Gasteiger partial charge in [0.15, 0.2) is 0 Å². The van der Waals surface area contributed by atoms with E-state index in [0.717, 1.165) is 25.7 Å². The van der Waals surface area contributed by atoms with E-state index in [2.05, 4.69) is 175 Å². The van der Waals surface area contributed by atoms with E-state index < -0.39 is 5.60 Å². The molecular weight excluding hydrogens is 705 g/mol. The van der Waals surface area contributed by atoms with Gasteiger partial charge < -0.3 is 9.47 Å². The fourth-order valence-electron chi connectivity index (χ4n) is 9.76. The number of rotatable bonds is 18. The van der Waals surface area contributed by atoms with Crippen LogP contribution in [-0.2, 0) is 24.7 Å². The fraction of sp³-hybridized carbons (Fsp3) is 0.765. The second kappa shape index (κ2) is 21.1. The Morgan fingerprint density at radius 2 is 0.930 bits per heavy atom. The minimum Gasteiger partial charge on any atom is -0.373 e. The molecule has 2 aromatic carbocycles. The van der Waals surface area contributed by atoms with E-state index in [1.807, 2.05) is 0 Å². The van der Waals surface area contributed by atoms with Crippen molar-refractivity contribution in [1.82, 2.24) is 10.1 Å². The van der Waals surface area contributed by atoms with Crippen LogP contribution in [0.5, 0.6) is 0 Å². The van der Waals surface area contributed by atoms with Crippen molar-refractivity contribution in [3.63, 3.8) is 0 Å². The maximum absolute atomic E-state index is 7.11. The van der Waals surface area contributed by atoms with Gasteiger partial charge in [0, 0.05) is 22.2 Å². The zero-order valence-electron chi connectivity index (χ0n) is 39.7. The Kier molecular flexibility index (Phi) is 18.4. The van der Waals surface area contributed by atoms with E-state index in [4.69, 9.17) is 19.1 Å². The summed E-state index contributed by atoms with van der Waals surface area (Å²) < 4.78 is 12.5. The molecule has 2 aromatic rings. The summed E-state index contributed by atoms with van der Waals surface area (Å²) in [7, 11) is 0. The highest BCUT2D eigenvalue weighted by Crippen LogP contribution is 2.47. The molecule has 6 heteroatoms. The molecule has 6 atom stereocenters. The third-order valence-electron chi connectivity index (χ3n) is 12.5. The van der Waals surface area contributed by atoms with Crippen LogP contribution in [0.4, 0.5) is 0 Å². The molecule has 0 bridgehead atoms. The first-order valence-electron chi connectivity index (χ1n) is 23.0. The van der Waals surface area contributed by atoms with Gasteiger partial charge in [0.05, 0.1) is 24.4 Å². The zero-order valence-corrected chi connectivity index (χ0v) is 39.7. The number of benzene rings is 2. The van der Waals surface area contributed by atoms with Crippen molar-refractivity contribution in [1.29, 1.82) is 0 Å². The van der Waals surface area contributed by atoms with Crippen LogP contribution in [0.2, 0.25) is 0 Å². The first-order chi connectivity index (χ1) is 26.6. The standard InChI is InChI=1S/C26H45NO2.C25H43NO2/c1-9-17-24(6)19-14-20-25(7,18-10-2)27(24)29-26(8,21-28-23(3,4)5)22-15-12-11-13-16-22;1-8-16-24(6)18-13-19-25(7,17-9-2)26(24)28-22(20-27-23(3,4)5)21-14-11-10-12-15-21/h11-13,15-16H,9-10,14,17-21H2,1-8H3;10-12,14-15,22H,8-9,13,16-20H2,1-7H3. The van der Waals surface area contributed by atoms with Crippen molar-refractivity contribution in [3.05, 3.63) is 71.8 Å². The van der Waals surface area contributed by atoms with Crippen LogP contribution >= 0.6 is 0 Å². The first-order valence-corrected chi connectivity index (χ1v) is 23.0. The smallest absolute Gasteiger partial charge is 0.135 e. The Morgan fingerprint density at radius 1 is 0.544 bits per heavy atom. The average Bonchev–Trinajstić information content (AvgIpc) is 3.13. The molecule has 0 aliphatic carbocycles. The van der Waals surface area contributed by atoms with Gasteiger partial charge in [0.25, 0.3) is 0 Å². The number of hydroxylamine groups is 4. The van der Waals surface area contributed by atoms with Gasteiger partial charge in [-0.1, -0.05) is 114 Å². The Balaban J connectivity index is 0.000000306. The second-order valence-electron chi connectivity index (χ2n) is 20.8. The Hall–Kier alpha value is -1.80. The predicted molar refractivity (Wildman–Crippen MR) is 241 cm³/mol. The first kappa shape index (κ1) is 49.6. The van der Waals surface area contributed by atoms with E-state index in [-0.39, 0.29) is 39.5 Å². The number of hydrogen-bond acceptors (Lipinski definition) is 6. The summed E-state index contributed by atoms with van der Waals surface area (Å²) in [6.07, 6.45) is 16.5. The highest BCUT2D eigenvalue weighted by molar-refractivity contribution is 5.22. The summed E-state index contributed by atoms with van der Waals surface area (Å²) in [5, 5.41) is 4.82. The zero-order chi connectivity index (χ0) is 42.6. The highest BCUT2D eigenvalue weighted by Gasteiger charge is 2.51. The number of ether oxygens (including phenoxy) is 2. The molecule has 2 saturated heterocycles. The summed E-state index contributed by atoms with van der Waals surface area (Å²) in [5.74, 6) is 0. The third-order valence-corrected chi connectivity index (χ3v) is 12.5. The van der Waals surface area contributed by atoms with Crippen LogP contribution < -0.4 is 0 Å². The largest absolute Gasteiger partial charge is 0.373 e. The number of piperidine rings is 2. The highest BCUT2D eigenvalue weighted by atomic mass is 16.7. The molecule has 0 saturated carbocycles. The van der Waals surface area contributed by atoms with E-state index >= 15 is 0 Å². The monoisotopic (exact) mass is 793 g/mol. The lowest BCUT2D eigenvalue weighted by molar-refractivity contribution is -0.355. The fourth-order valence-corrected chi connectivity index (χ4v) is 9.76. The lowest BCUT2D eigenvalue weighted by atomic mass is 9.76. The van der Waals surface area contributed by atoms with Crippen LogP contribution in [0.3, 0.4) is 0 Å². The molecule has 0 radical (unpaired) electrons. The van der Waals surface area contributed by atoms with Crippen LogP contribution in [0.15, 0.2) is 60.7 Å². The van der Waals surface area contributed by atoms with Crippen molar-refractivity contribution in [2.45, 2.75) is 239 Å². The predicted octanol–water partition coefficient (Wildman–Crippen LogP) is 14.3. The van der Waals surface area contributed by atoms with Crippen LogP contribution in [0.25, 0.3) is 0 Å². The summed E-state index contributed by atoms with van der Waals surface area (Å²) in [6, 6.07) is 21.2.